The number of carbonyl (C=O) groups is 1. The third kappa shape index (κ3) is 5.81. The number of aliphatic imine (C=N–C) groups is 3. The van der Waals surface area contributed by atoms with Gasteiger partial charge in [-0.15, -0.1) is 0 Å². The van der Waals surface area contributed by atoms with Crippen LogP contribution in [0.3, 0.4) is 0 Å². The van der Waals surface area contributed by atoms with Gasteiger partial charge in [0.25, 0.3) is 5.91 Å². The number of nitrogens with one attached hydrogen (secondary N) is 1. The third-order valence-corrected chi connectivity index (χ3v) is 6.47. The Morgan fingerprint density at radius 1 is 1.29 bits per heavy atom. The molecule has 1 amide bonds. The Labute approximate surface area is 220 Å². The second-order valence-corrected chi connectivity index (χ2v) is 9.30. The predicted molar refractivity (Wildman–Crippen MR) is 141 cm³/mol. The van der Waals surface area contributed by atoms with Crippen molar-refractivity contribution in [2.24, 2.45) is 26.6 Å². The number of hydrogen-bond donors (Lipinski definition) is 3. The lowest BCUT2D eigenvalue weighted by Gasteiger charge is -2.36. The lowest BCUT2D eigenvalue weighted by atomic mass is 9.82. The minimum absolute atomic E-state index is 0.0939. The van der Waals surface area contributed by atoms with Crippen LogP contribution in [0.4, 0.5) is 4.39 Å². The maximum atomic E-state index is 14.4. The number of amidine groups is 1. The maximum Gasteiger partial charge on any atom is 0.254 e. The van der Waals surface area contributed by atoms with E-state index in [-0.39, 0.29) is 36.9 Å². The first kappa shape index (κ1) is 27.1. The van der Waals surface area contributed by atoms with Crippen molar-refractivity contribution in [3.8, 4) is 17.1 Å². The fourth-order valence-electron chi connectivity index (χ4n) is 4.68. The van der Waals surface area contributed by atoms with Crippen LogP contribution in [0.15, 0.2) is 51.4 Å². The Hall–Kier alpha value is -3.90. The zero-order chi connectivity index (χ0) is 27.4. The molecule has 0 spiro atoms. The Morgan fingerprint density at radius 2 is 2.08 bits per heavy atom. The fourth-order valence-corrected chi connectivity index (χ4v) is 4.68. The number of rotatable bonds is 8. The number of likely N-dealkylation sites (N-methyl/N-ethyl adjacent to an activating group) is 1. The lowest BCUT2D eigenvalue weighted by molar-refractivity contribution is -0.145. The number of hydrogen-bond acceptors (Lipinski definition) is 10. The minimum atomic E-state index is -0.937. The number of benzene rings is 1. The summed E-state index contributed by atoms with van der Waals surface area (Å²) < 4.78 is 19.7. The van der Waals surface area contributed by atoms with Gasteiger partial charge < -0.3 is 20.5 Å². The number of carbonyl (C=O) groups excluding carboxylic acids is 1. The van der Waals surface area contributed by atoms with E-state index in [9.17, 15) is 14.3 Å². The second-order valence-electron chi connectivity index (χ2n) is 9.30. The van der Waals surface area contributed by atoms with Crippen molar-refractivity contribution in [1.82, 2.24) is 15.4 Å². The van der Waals surface area contributed by atoms with E-state index in [4.69, 9.17) is 20.3 Å². The normalized spacial score (nSPS) is 21.4. The van der Waals surface area contributed by atoms with Crippen LogP contribution in [0, 0.1) is 11.7 Å². The topological polar surface area (TPSA) is 147 Å². The number of fused-ring (bicyclic) bond motifs is 1. The molecule has 1 aromatic heterocycles. The quantitative estimate of drug-likeness (QED) is 0.446. The molecule has 2 aliphatic heterocycles. The van der Waals surface area contributed by atoms with E-state index in [1.165, 1.54) is 24.1 Å². The monoisotopic (exact) mass is 525 g/mol. The van der Waals surface area contributed by atoms with Gasteiger partial charge in [0, 0.05) is 44.5 Å². The van der Waals surface area contributed by atoms with Gasteiger partial charge in [0.15, 0.2) is 6.10 Å². The number of amides is 1. The molecule has 0 fully saturated rings. The van der Waals surface area contributed by atoms with Gasteiger partial charge in [0.05, 0.1) is 30.8 Å². The van der Waals surface area contributed by atoms with Crippen LogP contribution in [-0.4, -0.2) is 78.4 Å². The minimum Gasteiger partial charge on any atom is -0.481 e. The summed E-state index contributed by atoms with van der Waals surface area (Å²) in [4.78, 5) is 38.0. The first-order chi connectivity index (χ1) is 18.2. The number of guanidine groups is 1. The molecule has 4 rings (SSSR count). The number of aromatic nitrogens is 1. The summed E-state index contributed by atoms with van der Waals surface area (Å²) in [5.41, 5.74) is 11.4. The van der Waals surface area contributed by atoms with Crippen molar-refractivity contribution in [3.63, 3.8) is 0 Å². The molecule has 4 N–H and O–H groups in total. The summed E-state index contributed by atoms with van der Waals surface area (Å²) >= 11 is 0. The summed E-state index contributed by atoms with van der Waals surface area (Å²) in [6.45, 7) is 1.59. The molecule has 2 unspecified atom stereocenters. The van der Waals surface area contributed by atoms with Crippen LogP contribution < -0.4 is 16.0 Å². The highest BCUT2D eigenvalue weighted by Crippen LogP contribution is 2.39. The standard InChI is InChI=1S/C26H32FN7O4/c1-14-23-20(32-26(28)29-14)13-19(31-24(23)33-38-21(10-11-35)25(36)34(2)3)16-9-8-15(27)12-17(16)18-6-5-7-22(30-18)37-4/h5-9,12,19-21,23,35H,10-11,13H2,1-4H3,(H2,28,32)(H,31,33)/t19?,20-,21-,23?/m1/s1. The number of aliphatic hydroxyl groups excluding tert-OH is 1. The summed E-state index contributed by atoms with van der Waals surface area (Å²) in [5.74, 6) is -0.104. The van der Waals surface area contributed by atoms with Crippen LogP contribution in [0.2, 0.25) is 0 Å². The van der Waals surface area contributed by atoms with Gasteiger partial charge in [-0.3, -0.25) is 20.1 Å². The first-order valence-corrected chi connectivity index (χ1v) is 12.2. The molecule has 1 aromatic carbocycles. The number of nitrogens with zero attached hydrogens (tertiary/aromatic N) is 5. The smallest absolute Gasteiger partial charge is 0.254 e. The van der Waals surface area contributed by atoms with Crippen LogP contribution in [0.25, 0.3) is 11.3 Å². The number of ether oxygens (including phenoxy) is 1. The van der Waals surface area contributed by atoms with Crippen LogP contribution >= 0.6 is 0 Å². The molecular formula is C26H32FN7O4. The highest BCUT2D eigenvalue weighted by atomic mass is 19.1. The second kappa shape index (κ2) is 11.7. The average molecular weight is 526 g/mol. The molecule has 0 aliphatic carbocycles. The van der Waals surface area contributed by atoms with E-state index < -0.39 is 18.0 Å². The van der Waals surface area contributed by atoms with Crippen molar-refractivity contribution < 1.29 is 23.9 Å². The average Bonchev–Trinajstić information content (AvgIpc) is 2.89. The number of halogens is 1. The van der Waals surface area contributed by atoms with Gasteiger partial charge in [0.1, 0.15) is 11.7 Å². The zero-order valence-electron chi connectivity index (χ0n) is 21.8. The molecule has 11 nitrogen and oxygen atoms in total. The maximum absolute atomic E-state index is 14.4. The van der Waals surface area contributed by atoms with Crippen molar-refractivity contribution >= 4 is 23.4 Å². The van der Waals surface area contributed by atoms with E-state index in [0.29, 0.717) is 35.1 Å². The number of hydroxylamine groups is 1. The van der Waals surface area contributed by atoms with Crippen molar-refractivity contribution in [2.45, 2.75) is 38.0 Å². The molecule has 2 aliphatic rings. The Kier molecular flexibility index (Phi) is 8.32. The molecule has 0 radical (unpaired) electrons. The molecule has 38 heavy (non-hydrogen) atoms. The van der Waals surface area contributed by atoms with Crippen LogP contribution in [0.1, 0.15) is 31.4 Å². The van der Waals surface area contributed by atoms with Gasteiger partial charge in [-0.05, 0) is 37.1 Å². The predicted octanol–water partition coefficient (Wildman–Crippen LogP) is 1.87. The molecule has 202 valence electrons. The summed E-state index contributed by atoms with van der Waals surface area (Å²) in [7, 11) is 4.74. The van der Waals surface area contributed by atoms with Gasteiger partial charge in [-0.1, -0.05) is 12.1 Å². The van der Waals surface area contributed by atoms with E-state index in [1.807, 2.05) is 6.92 Å². The number of pyridine rings is 1. The Balaban J connectivity index is 1.74. The van der Waals surface area contributed by atoms with Gasteiger partial charge in [0.2, 0.25) is 11.8 Å². The third-order valence-electron chi connectivity index (χ3n) is 6.47. The molecule has 0 saturated heterocycles. The molecule has 0 saturated carbocycles. The SMILES string of the molecule is COc1cccc(-c2cc(F)ccc2C2C[C@H]3N=C(N)N=C(C)C3C(NO[C@H](CCO)C(=O)N(C)C)=N2)n1. The lowest BCUT2D eigenvalue weighted by Crippen LogP contribution is -2.49. The van der Waals surface area contributed by atoms with Crippen molar-refractivity contribution in [1.29, 1.82) is 0 Å². The number of aliphatic hydroxyl groups is 1. The first-order valence-electron chi connectivity index (χ1n) is 12.2. The molecule has 12 heteroatoms. The van der Waals surface area contributed by atoms with Crippen molar-refractivity contribution in [3.05, 3.63) is 47.8 Å². The Bertz CT molecular complexity index is 1280. The molecule has 0 bridgehead atoms. The van der Waals surface area contributed by atoms with Crippen LogP contribution in [0.5, 0.6) is 5.88 Å². The van der Waals surface area contributed by atoms with E-state index in [2.05, 4.69) is 20.4 Å². The Morgan fingerprint density at radius 3 is 2.79 bits per heavy atom. The molecule has 3 heterocycles. The largest absolute Gasteiger partial charge is 0.481 e. The summed E-state index contributed by atoms with van der Waals surface area (Å²) in [6.07, 6.45) is -0.368. The molecule has 4 atom stereocenters. The van der Waals surface area contributed by atoms with Gasteiger partial charge in [-0.2, -0.15) is 0 Å². The number of methoxy groups -OCH3 is 1. The van der Waals surface area contributed by atoms with Crippen LogP contribution in [-0.2, 0) is 9.63 Å². The molecule has 2 aromatic rings. The van der Waals surface area contributed by atoms with Crippen molar-refractivity contribution in [2.75, 3.05) is 27.8 Å². The number of nitrogens with two attached hydrogens (primary N) is 1. The molecular weight excluding hydrogens is 493 g/mol. The zero-order valence-corrected chi connectivity index (χ0v) is 21.8. The fraction of sp³-hybridized carbons (Fsp3) is 0.423. The summed E-state index contributed by atoms with van der Waals surface area (Å²) in [5, 5.41) is 9.45. The van der Waals surface area contributed by atoms with E-state index in [0.717, 1.165) is 5.56 Å². The highest BCUT2D eigenvalue weighted by Gasteiger charge is 2.39. The summed E-state index contributed by atoms with van der Waals surface area (Å²) in [6, 6.07) is 8.96. The van der Waals surface area contributed by atoms with E-state index >= 15 is 0 Å². The van der Waals surface area contributed by atoms with E-state index in [1.54, 1.807) is 38.4 Å². The van der Waals surface area contributed by atoms with Gasteiger partial charge >= 0.3 is 0 Å². The van der Waals surface area contributed by atoms with Gasteiger partial charge in [-0.25, -0.2) is 19.4 Å². The highest BCUT2D eigenvalue weighted by molar-refractivity contribution is 6.11.